The molecule has 1 aliphatic rings. The maximum Gasteiger partial charge on any atom is 0.248 e. The molecule has 0 saturated carbocycles. The molecular weight excluding hydrogens is 242 g/mol. The molecular formula is C14H19N3O2. The zero-order valence-corrected chi connectivity index (χ0v) is 11.1. The average Bonchev–Trinajstić information content (AvgIpc) is 2.40. The van der Waals surface area contributed by atoms with E-state index in [-0.39, 0.29) is 5.91 Å². The summed E-state index contributed by atoms with van der Waals surface area (Å²) in [4.78, 5) is 24.1. The first-order chi connectivity index (χ1) is 9.06. The summed E-state index contributed by atoms with van der Waals surface area (Å²) in [6.45, 7) is 1.48. The van der Waals surface area contributed by atoms with Gasteiger partial charge >= 0.3 is 0 Å². The van der Waals surface area contributed by atoms with E-state index in [1.54, 1.807) is 17.0 Å². The van der Waals surface area contributed by atoms with Crippen LogP contribution in [-0.4, -0.2) is 36.3 Å². The van der Waals surface area contributed by atoms with Crippen molar-refractivity contribution in [2.45, 2.75) is 25.4 Å². The van der Waals surface area contributed by atoms with Crippen molar-refractivity contribution in [2.24, 2.45) is 5.73 Å². The predicted molar refractivity (Wildman–Crippen MR) is 72.5 cm³/mol. The van der Waals surface area contributed by atoms with Crippen LogP contribution < -0.4 is 11.1 Å². The van der Waals surface area contributed by atoms with Crippen molar-refractivity contribution in [1.29, 1.82) is 0 Å². The van der Waals surface area contributed by atoms with E-state index < -0.39 is 5.91 Å². The van der Waals surface area contributed by atoms with Crippen LogP contribution in [0.4, 0.5) is 0 Å². The number of hydrogen-bond donors (Lipinski definition) is 2. The van der Waals surface area contributed by atoms with Gasteiger partial charge < -0.3 is 16.0 Å². The normalized spacial score (nSPS) is 19.5. The minimum Gasteiger partial charge on any atom is -0.366 e. The van der Waals surface area contributed by atoms with Gasteiger partial charge in [0.1, 0.15) is 0 Å². The summed E-state index contributed by atoms with van der Waals surface area (Å²) < 4.78 is 0. The largest absolute Gasteiger partial charge is 0.366 e. The molecule has 1 aliphatic heterocycles. The van der Waals surface area contributed by atoms with E-state index in [9.17, 15) is 9.59 Å². The van der Waals surface area contributed by atoms with Gasteiger partial charge in [-0.15, -0.1) is 0 Å². The molecule has 1 saturated heterocycles. The molecule has 0 bridgehead atoms. The van der Waals surface area contributed by atoms with Crippen molar-refractivity contribution in [3.63, 3.8) is 0 Å². The predicted octanol–water partition coefficient (Wildman–Crippen LogP) is 0.496. The Bertz CT molecular complexity index is 470. The topological polar surface area (TPSA) is 75.4 Å². The Hall–Kier alpha value is -1.88. The zero-order chi connectivity index (χ0) is 13.8. The summed E-state index contributed by atoms with van der Waals surface area (Å²) in [5.74, 6) is -0.198. The molecule has 0 aliphatic carbocycles. The first kappa shape index (κ1) is 13.5. The van der Waals surface area contributed by atoms with E-state index in [4.69, 9.17) is 5.73 Å². The van der Waals surface area contributed by atoms with Crippen LogP contribution >= 0.6 is 0 Å². The molecule has 1 aromatic carbocycles. The minimum absolute atomic E-state index is 0.212. The second kappa shape index (κ2) is 5.84. The molecule has 1 aromatic rings. The Kier molecular flexibility index (Phi) is 4.16. The number of benzene rings is 1. The number of primary amides is 1. The Morgan fingerprint density at radius 1 is 1.42 bits per heavy atom. The SMILES string of the molecule is CN1CC(NCc2ccc(C(N)=O)cc2)CCC1=O. The van der Waals surface area contributed by atoms with Crippen LogP contribution in [0.1, 0.15) is 28.8 Å². The van der Waals surface area contributed by atoms with Gasteiger partial charge in [0.15, 0.2) is 0 Å². The highest BCUT2D eigenvalue weighted by atomic mass is 16.2. The summed E-state index contributed by atoms with van der Waals surface area (Å²) >= 11 is 0. The lowest BCUT2D eigenvalue weighted by Crippen LogP contribution is -2.46. The lowest BCUT2D eigenvalue weighted by molar-refractivity contribution is -0.132. The third kappa shape index (κ3) is 3.54. The quantitative estimate of drug-likeness (QED) is 0.828. The number of nitrogens with two attached hydrogens (primary N) is 1. The fourth-order valence-electron chi connectivity index (χ4n) is 2.23. The van der Waals surface area contributed by atoms with Crippen LogP contribution in [0.3, 0.4) is 0 Å². The molecule has 1 atom stereocenters. The fraction of sp³-hybridized carbons (Fsp3) is 0.429. The van der Waals surface area contributed by atoms with Crippen molar-refractivity contribution >= 4 is 11.8 Å². The van der Waals surface area contributed by atoms with Crippen LogP contribution in [0, 0.1) is 0 Å². The van der Waals surface area contributed by atoms with Crippen molar-refractivity contribution in [1.82, 2.24) is 10.2 Å². The highest BCUT2D eigenvalue weighted by Crippen LogP contribution is 2.11. The average molecular weight is 261 g/mol. The highest BCUT2D eigenvalue weighted by molar-refractivity contribution is 5.92. The van der Waals surface area contributed by atoms with Crippen LogP contribution in [-0.2, 0) is 11.3 Å². The van der Waals surface area contributed by atoms with Gasteiger partial charge in [0.05, 0.1) is 0 Å². The number of likely N-dealkylation sites (N-methyl/N-ethyl adjacent to an activating group) is 1. The van der Waals surface area contributed by atoms with E-state index in [0.29, 0.717) is 18.0 Å². The smallest absolute Gasteiger partial charge is 0.248 e. The Morgan fingerprint density at radius 3 is 2.68 bits per heavy atom. The number of nitrogens with zero attached hydrogens (tertiary/aromatic N) is 1. The van der Waals surface area contributed by atoms with Crippen molar-refractivity contribution in [3.05, 3.63) is 35.4 Å². The molecule has 102 valence electrons. The van der Waals surface area contributed by atoms with Crippen molar-refractivity contribution < 1.29 is 9.59 Å². The minimum atomic E-state index is -0.410. The lowest BCUT2D eigenvalue weighted by Gasteiger charge is -2.30. The first-order valence-electron chi connectivity index (χ1n) is 6.42. The molecule has 2 rings (SSSR count). The van der Waals surface area contributed by atoms with E-state index >= 15 is 0 Å². The molecule has 19 heavy (non-hydrogen) atoms. The molecule has 5 nitrogen and oxygen atoms in total. The molecule has 1 fully saturated rings. The standard InChI is InChI=1S/C14H19N3O2/c1-17-9-12(6-7-13(17)18)16-8-10-2-4-11(5-3-10)14(15)19/h2-5,12,16H,6-9H2,1H3,(H2,15,19). The molecule has 2 amide bonds. The van der Waals surface area contributed by atoms with Gasteiger partial charge in [0, 0.05) is 38.2 Å². The number of carbonyl (C=O) groups is 2. The van der Waals surface area contributed by atoms with Crippen LogP contribution in [0.5, 0.6) is 0 Å². The van der Waals surface area contributed by atoms with Gasteiger partial charge in [-0.3, -0.25) is 9.59 Å². The van der Waals surface area contributed by atoms with Gasteiger partial charge in [-0.05, 0) is 24.1 Å². The Morgan fingerprint density at radius 2 is 2.11 bits per heavy atom. The maximum atomic E-state index is 11.4. The fourth-order valence-corrected chi connectivity index (χ4v) is 2.23. The van der Waals surface area contributed by atoms with E-state index in [1.165, 1.54) is 0 Å². The van der Waals surface area contributed by atoms with Gasteiger partial charge in [-0.1, -0.05) is 12.1 Å². The van der Waals surface area contributed by atoms with E-state index in [0.717, 1.165) is 25.1 Å². The number of rotatable bonds is 4. The summed E-state index contributed by atoms with van der Waals surface area (Å²) in [7, 11) is 1.83. The summed E-state index contributed by atoms with van der Waals surface area (Å²) in [6, 6.07) is 7.58. The monoisotopic (exact) mass is 261 g/mol. The zero-order valence-electron chi connectivity index (χ0n) is 11.1. The number of amides is 2. The van der Waals surface area contributed by atoms with Crippen molar-refractivity contribution in [3.8, 4) is 0 Å². The number of carbonyl (C=O) groups excluding carboxylic acids is 2. The summed E-state index contributed by atoms with van der Waals surface area (Å²) in [5.41, 5.74) is 6.81. The van der Waals surface area contributed by atoms with Gasteiger partial charge in [-0.25, -0.2) is 0 Å². The maximum absolute atomic E-state index is 11.4. The van der Waals surface area contributed by atoms with Crippen LogP contribution in [0.2, 0.25) is 0 Å². The molecule has 0 aromatic heterocycles. The highest BCUT2D eigenvalue weighted by Gasteiger charge is 2.22. The molecule has 5 heteroatoms. The molecule has 3 N–H and O–H groups in total. The second-order valence-electron chi connectivity index (χ2n) is 4.95. The first-order valence-corrected chi connectivity index (χ1v) is 6.42. The van der Waals surface area contributed by atoms with Gasteiger partial charge in [0.2, 0.25) is 11.8 Å². The number of hydrogen-bond acceptors (Lipinski definition) is 3. The second-order valence-corrected chi connectivity index (χ2v) is 4.95. The summed E-state index contributed by atoms with van der Waals surface area (Å²) in [6.07, 6.45) is 1.48. The summed E-state index contributed by atoms with van der Waals surface area (Å²) in [5, 5.41) is 3.43. The third-order valence-electron chi connectivity index (χ3n) is 3.46. The number of likely N-dealkylation sites (tertiary alicyclic amines) is 1. The molecule has 0 spiro atoms. The van der Waals surface area contributed by atoms with E-state index in [1.807, 2.05) is 19.2 Å². The Labute approximate surface area is 112 Å². The molecule has 0 radical (unpaired) electrons. The molecule has 1 heterocycles. The van der Waals surface area contributed by atoms with E-state index in [2.05, 4.69) is 5.32 Å². The van der Waals surface area contributed by atoms with Crippen LogP contribution in [0.25, 0.3) is 0 Å². The van der Waals surface area contributed by atoms with Gasteiger partial charge in [-0.2, -0.15) is 0 Å². The molecule has 1 unspecified atom stereocenters. The van der Waals surface area contributed by atoms with Gasteiger partial charge in [0.25, 0.3) is 0 Å². The number of nitrogens with one attached hydrogen (secondary N) is 1. The Balaban J connectivity index is 1.85. The van der Waals surface area contributed by atoms with Crippen LogP contribution in [0.15, 0.2) is 24.3 Å². The van der Waals surface area contributed by atoms with Crippen molar-refractivity contribution in [2.75, 3.05) is 13.6 Å². The third-order valence-corrected chi connectivity index (χ3v) is 3.46. The number of piperidine rings is 1. The lowest BCUT2D eigenvalue weighted by atomic mass is 10.0.